The van der Waals surface area contributed by atoms with Gasteiger partial charge in [-0.1, -0.05) is 18.2 Å². The number of nitrogens with one attached hydrogen (secondary N) is 3. The number of hydrogen-bond donors (Lipinski definition) is 3. The van der Waals surface area contributed by atoms with Crippen LogP contribution in [0, 0.1) is 0 Å². The molecule has 0 saturated carbocycles. The number of nitrogens with zero attached hydrogens (tertiary/aromatic N) is 1. The standard InChI is InChI=1S/C16H14N4O2/c1-10(21)17-12-6-4-5-11(9-12)15(22)20-16-18-13-7-2-3-8-14(13)19-16/h2-9H,1H3,(H,17,21)(H2,18,19,20,22). The number of aromatic amines is 1. The molecule has 3 rings (SSSR count). The third-order valence-corrected chi connectivity index (χ3v) is 3.07. The third kappa shape index (κ3) is 2.95. The van der Waals surface area contributed by atoms with Crippen LogP contribution in [0.15, 0.2) is 48.5 Å². The summed E-state index contributed by atoms with van der Waals surface area (Å²) in [5, 5.41) is 5.35. The van der Waals surface area contributed by atoms with Gasteiger partial charge in [-0.3, -0.25) is 14.9 Å². The summed E-state index contributed by atoms with van der Waals surface area (Å²) >= 11 is 0. The minimum absolute atomic E-state index is 0.185. The van der Waals surface area contributed by atoms with Gasteiger partial charge in [0, 0.05) is 18.2 Å². The summed E-state index contributed by atoms with van der Waals surface area (Å²) in [6.45, 7) is 1.42. The first-order chi connectivity index (χ1) is 10.6. The molecule has 0 aliphatic carbocycles. The van der Waals surface area contributed by atoms with Gasteiger partial charge in [0.25, 0.3) is 5.91 Å². The van der Waals surface area contributed by atoms with Crippen LogP contribution in [0.1, 0.15) is 17.3 Å². The average molecular weight is 294 g/mol. The zero-order chi connectivity index (χ0) is 15.5. The highest BCUT2D eigenvalue weighted by molar-refractivity contribution is 6.05. The maximum Gasteiger partial charge on any atom is 0.258 e. The molecular formula is C16H14N4O2. The molecule has 0 atom stereocenters. The van der Waals surface area contributed by atoms with Gasteiger partial charge in [-0.2, -0.15) is 0 Å². The van der Waals surface area contributed by atoms with Gasteiger partial charge in [-0.25, -0.2) is 4.98 Å². The Balaban J connectivity index is 1.80. The monoisotopic (exact) mass is 294 g/mol. The number of para-hydroxylation sites is 2. The van der Waals surface area contributed by atoms with Crippen LogP contribution in [0.5, 0.6) is 0 Å². The lowest BCUT2D eigenvalue weighted by Gasteiger charge is -2.05. The van der Waals surface area contributed by atoms with Crippen LogP contribution in [0.2, 0.25) is 0 Å². The molecule has 6 heteroatoms. The zero-order valence-electron chi connectivity index (χ0n) is 11.9. The maximum atomic E-state index is 12.2. The smallest absolute Gasteiger partial charge is 0.258 e. The number of carbonyl (C=O) groups excluding carboxylic acids is 2. The first kappa shape index (κ1) is 13.8. The molecule has 22 heavy (non-hydrogen) atoms. The molecule has 6 nitrogen and oxygen atoms in total. The summed E-state index contributed by atoms with van der Waals surface area (Å²) in [5.74, 6) is -0.0998. The van der Waals surface area contributed by atoms with Crippen molar-refractivity contribution in [1.29, 1.82) is 0 Å². The van der Waals surface area contributed by atoms with Crippen molar-refractivity contribution in [3.63, 3.8) is 0 Å². The van der Waals surface area contributed by atoms with Crippen LogP contribution in [0.4, 0.5) is 11.6 Å². The van der Waals surface area contributed by atoms with E-state index in [-0.39, 0.29) is 11.8 Å². The van der Waals surface area contributed by atoms with E-state index in [2.05, 4.69) is 20.6 Å². The molecule has 0 saturated heterocycles. The van der Waals surface area contributed by atoms with Crippen molar-refractivity contribution >= 4 is 34.5 Å². The second-order valence-electron chi connectivity index (χ2n) is 4.82. The fraction of sp³-hybridized carbons (Fsp3) is 0.0625. The van der Waals surface area contributed by atoms with E-state index < -0.39 is 0 Å². The van der Waals surface area contributed by atoms with Gasteiger partial charge in [-0.15, -0.1) is 0 Å². The van der Waals surface area contributed by atoms with Gasteiger partial charge in [-0.05, 0) is 30.3 Å². The normalized spacial score (nSPS) is 10.4. The van der Waals surface area contributed by atoms with Crippen molar-refractivity contribution < 1.29 is 9.59 Å². The maximum absolute atomic E-state index is 12.2. The number of anilines is 2. The van der Waals surface area contributed by atoms with E-state index in [1.54, 1.807) is 24.3 Å². The van der Waals surface area contributed by atoms with Gasteiger partial charge in [0.15, 0.2) is 0 Å². The molecule has 110 valence electrons. The summed E-state index contributed by atoms with van der Waals surface area (Å²) in [6.07, 6.45) is 0. The Morgan fingerprint density at radius 3 is 2.64 bits per heavy atom. The van der Waals surface area contributed by atoms with E-state index in [1.165, 1.54) is 6.92 Å². The molecule has 0 fully saturated rings. The number of rotatable bonds is 3. The van der Waals surface area contributed by atoms with Crippen LogP contribution >= 0.6 is 0 Å². The van der Waals surface area contributed by atoms with Crippen molar-refractivity contribution in [2.24, 2.45) is 0 Å². The van der Waals surface area contributed by atoms with E-state index in [9.17, 15) is 9.59 Å². The first-order valence-corrected chi connectivity index (χ1v) is 6.75. The molecular weight excluding hydrogens is 280 g/mol. The SMILES string of the molecule is CC(=O)Nc1cccc(C(=O)Nc2nc3ccccc3[nH]2)c1. The van der Waals surface area contributed by atoms with Crippen LogP contribution in [0.25, 0.3) is 11.0 Å². The Labute approximate surface area is 126 Å². The Morgan fingerprint density at radius 2 is 1.86 bits per heavy atom. The second kappa shape index (κ2) is 5.69. The van der Waals surface area contributed by atoms with Crippen LogP contribution in [0.3, 0.4) is 0 Å². The number of carbonyl (C=O) groups is 2. The Bertz CT molecular complexity index is 821. The molecule has 1 heterocycles. The number of fused-ring (bicyclic) bond motifs is 1. The summed E-state index contributed by atoms with van der Waals surface area (Å²) < 4.78 is 0. The molecule has 1 aromatic heterocycles. The highest BCUT2D eigenvalue weighted by Gasteiger charge is 2.10. The van der Waals surface area contributed by atoms with Gasteiger partial charge in [0.2, 0.25) is 11.9 Å². The third-order valence-electron chi connectivity index (χ3n) is 3.07. The fourth-order valence-electron chi connectivity index (χ4n) is 2.13. The number of H-pyrrole nitrogens is 1. The molecule has 2 amide bonds. The van der Waals surface area contributed by atoms with Gasteiger partial charge >= 0.3 is 0 Å². The van der Waals surface area contributed by atoms with Crippen molar-refractivity contribution in [3.8, 4) is 0 Å². The summed E-state index contributed by atoms with van der Waals surface area (Å²) in [4.78, 5) is 30.6. The van der Waals surface area contributed by atoms with E-state index in [0.717, 1.165) is 11.0 Å². The van der Waals surface area contributed by atoms with E-state index >= 15 is 0 Å². The Hall–Kier alpha value is -3.15. The van der Waals surface area contributed by atoms with Crippen molar-refractivity contribution in [2.45, 2.75) is 6.92 Å². The quantitative estimate of drug-likeness (QED) is 0.694. The van der Waals surface area contributed by atoms with Crippen molar-refractivity contribution in [1.82, 2.24) is 9.97 Å². The summed E-state index contributed by atoms with van der Waals surface area (Å²) in [6, 6.07) is 14.2. The molecule has 0 spiro atoms. The van der Waals surface area contributed by atoms with Crippen LogP contribution in [-0.4, -0.2) is 21.8 Å². The first-order valence-electron chi connectivity index (χ1n) is 6.75. The second-order valence-corrected chi connectivity index (χ2v) is 4.82. The van der Waals surface area contributed by atoms with Gasteiger partial charge in [0.05, 0.1) is 11.0 Å². The summed E-state index contributed by atoms with van der Waals surface area (Å²) in [7, 11) is 0. The number of aromatic nitrogens is 2. The molecule has 3 N–H and O–H groups in total. The Kier molecular flexibility index (Phi) is 3.57. The molecule has 0 bridgehead atoms. The lowest BCUT2D eigenvalue weighted by molar-refractivity contribution is -0.114. The zero-order valence-corrected chi connectivity index (χ0v) is 11.9. The predicted octanol–water partition coefficient (Wildman–Crippen LogP) is 2.77. The van der Waals surface area contributed by atoms with E-state index in [1.807, 2.05) is 24.3 Å². The van der Waals surface area contributed by atoms with Gasteiger partial charge < -0.3 is 10.3 Å². The lowest BCUT2D eigenvalue weighted by atomic mass is 10.2. The molecule has 0 unspecified atom stereocenters. The number of imidazole rings is 1. The number of amides is 2. The molecule has 2 aromatic carbocycles. The van der Waals surface area contributed by atoms with Crippen LogP contribution in [-0.2, 0) is 4.79 Å². The van der Waals surface area contributed by atoms with Gasteiger partial charge in [0.1, 0.15) is 0 Å². The predicted molar refractivity (Wildman–Crippen MR) is 84.8 cm³/mol. The highest BCUT2D eigenvalue weighted by Crippen LogP contribution is 2.15. The topological polar surface area (TPSA) is 86.9 Å². The fourth-order valence-corrected chi connectivity index (χ4v) is 2.13. The minimum Gasteiger partial charge on any atom is -0.326 e. The lowest BCUT2D eigenvalue weighted by Crippen LogP contribution is -2.14. The minimum atomic E-state index is -0.300. The van der Waals surface area contributed by atoms with Crippen molar-refractivity contribution in [2.75, 3.05) is 10.6 Å². The largest absolute Gasteiger partial charge is 0.326 e. The Morgan fingerprint density at radius 1 is 1.05 bits per heavy atom. The van der Waals surface area contributed by atoms with E-state index in [4.69, 9.17) is 0 Å². The highest BCUT2D eigenvalue weighted by atomic mass is 16.2. The molecule has 0 aliphatic heterocycles. The van der Waals surface area contributed by atoms with Crippen LogP contribution < -0.4 is 10.6 Å². The molecule has 0 radical (unpaired) electrons. The molecule has 3 aromatic rings. The van der Waals surface area contributed by atoms with Crippen molar-refractivity contribution in [3.05, 3.63) is 54.1 Å². The average Bonchev–Trinajstić information content (AvgIpc) is 2.89. The summed E-state index contributed by atoms with van der Waals surface area (Å²) in [5.41, 5.74) is 2.64. The number of hydrogen-bond acceptors (Lipinski definition) is 3. The molecule has 0 aliphatic rings. The number of benzene rings is 2. The van der Waals surface area contributed by atoms with E-state index in [0.29, 0.717) is 17.2 Å².